The summed E-state index contributed by atoms with van der Waals surface area (Å²) in [5.41, 5.74) is 13.4. The van der Waals surface area contributed by atoms with Crippen molar-refractivity contribution >= 4 is 82.5 Å². The van der Waals surface area contributed by atoms with Gasteiger partial charge in [-0.05, 0) is 93.0 Å². The molecular weight excluding hydrogens is 719 g/mol. The fraction of sp³-hybridized carbons (Fsp3) is 0. The molecule has 0 saturated heterocycles. The van der Waals surface area contributed by atoms with Crippen molar-refractivity contribution < 1.29 is 8.83 Å². The Labute approximate surface area is 340 Å². The number of benzene rings is 10. The third kappa shape index (κ3) is 5.51. The monoisotopic (exact) mass is 753 g/mol. The van der Waals surface area contributed by atoms with E-state index in [4.69, 9.17) is 8.83 Å². The number of para-hydroxylation sites is 3. The van der Waals surface area contributed by atoms with Crippen molar-refractivity contribution in [3.8, 4) is 33.4 Å². The molecule has 0 atom stereocenters. The molecule has 0 unspecified atom stereocenters. The molecule has 59 heavy (non-hydrogen) atoms. The Morgan fingerprint density at radius 1 is 0.288 bits per heavy atom. The maximum Gasteiger partial charge on any atom is 0.143 e. The summed E-state index contributed by atoms with van der Waals surface area (Å²) in [6, 6.07) is 75.7. The summed E-state index contributed by atoms with van der Waals surface area (Å²) < 4.78 is 13.3. The first kappa shape index (κ1) is 33.3. The lowest BCUT2D eigenvalue weighted by Gasteiger charge is -2.28. The molecule has 0 fully saturated rings. The molecule has 2 heterocycles. The second-order valence-electron chi connectivity index (χ2n) is 15.3. The summed E-state index contributed by atoms with van der Waals surface area (Å²) in [7, 11) is 0. The minimum atomic E-state index is 0.847. The van der Waals surface area contributed by atoms with E-state index in [9.17, 15) is 0 Å². The molecule has 0 N–H and O–H groups in total. The van der Waals surface area contributed by atoms with Gasteiger partial charge in [0.15, 0.2) is 0 Å². The molecule has 0 spiro atoms. The van der Waals surface area contributed by atoms with Gasteiger partial charge in [-0.15, -0.1) is 0 Å². The summed E-state index contributed by atoms with van der Waals surface area (Å²) in [4.78, 5) is 2.34. The van der Waals surface area contributed by atoms with E-state index in [0.29, 0.717) is 0 Å². The summed E-state index contributed by atoms with van der Waals surface area (Å²) in [5, 5.41) is 9.19. The summed E-state index contributed by atoms with van der Waals surface area (Å²) in [6.07, 6.45) is 0. The van der Waals surface area contributed by atoms with Crippen LogP contribution in [0.15, 0.2) is 221 Å². The second kappa shape index (κ2) is 13.4. The molecule has 12 aromatic rings. The quantitative estimate of drug-likeness (QED) is 0.169. The van der Waals surface area contributed by atoms with E-state index in [1.165, 1.54) is 27.5 Å². The highest BCUT2D eigenvalue weighted by Crippen LogP contribution is 2.46. The fourth-order valence-corrected chi connectivity index (χ4v) is 8.97. The van der Waals surface area contributed by atoms with Crippen molar-refractivity contribution in [2.75, 3.05) is 4.90 Å². The number of nitrogens with zero attached hydrogens (tertiary/aromatic N) is 1. The van der Waals surface area contributed by atoms with Crippen LogP contribution in [-0.2, 0) is 0 Å². The molecule has 276 valence electrons. The van der Waals surface area contributed by atoms with Crippen molar-refractivity contribution in [3.05, 3.63) is 212 Å². The lowest BCUT2D eigenvalue weighted by atomic mass is 9.97. The van der Waals surface area contributed by atoms with Gasteiger partial charge in [-0.2, -0.15) is 0 Å². The van der Waals surface area contributed by atoms with Crippen LogP contribution in [0.3, 0.4) is 0 Å². The largest absolute Gasteiger partial charge is 0.456 e. The lowest BCUT2D eigenvalue weighted by molar-refractivity contribution is 0.669. The highest BCUT2D eigenvalue weighted by atomic mass is 16.3. The third-order valence-electron chi connectivity index (χ3n) is 11.8. The average Bonchev–Trinajstić information content (AvgIpc) is 3.88. The van der Waals surface area contributed by atoms with E-state index in [-0.39, 0.29) is 0 Å². The highest BCUT2D eigenvalue weighted by Gasteiger charge is 2.22. The van der Waals surface area contributed by atoms with Gasteiger partial charge in [0.05, 0.1) is 5.69 Å². The van der Waals surface area contributed by atoms with Crippen molar-refractivity contribution in [1.82, 2.24) is 0 Å². The van der Waals surface area contributed by atoms with Gasteiger partial charge in [0.2, 0.25) is 0 Å². The van der Waals surface area contributed by atoms with Crippen molar-refractivity contribution in [3.63, 3.8) is 0 Å². The molecule has 0 aliphatic heterocycles. The Balaban J connectivity index is 1.01. The van der Waals surface area contributed by atoms with Crippen molar-refractivity contribution in [2.45, 2.75) is 0 Å². The third-order valence-corrected chi connectivity index (χ3v) is 11.8. The first-order chi connectivity index (χ1) is 29.2. The molecule has 3 heteroatoms. The molecule has 0 amide bonds. The topological polar surface area (TPSA) is 29.5 Å². The van der Waals surface area contributed by atoms with Crippen LogP contribution in [0.1, 0.15) is 0 Å². The maximum absolute atomic E-state index is 6.88. The minimum absolute atomic E-state index is 0.847. The van der Waals surface area contributed by atoms with E-state index < -0.39 is 0 Å². The van der Waals surface area contributed by atoms with Gasteiger partial charge < -0.3 is 13.7 Å². The summed E-state index contributed by atoms with van der Waals surface area (Å²) in [5.74, 6) is 0. The van der Waals surface area contributed by atoms with Crippen LogP contribution >= 0.6 is 0 Å². The molecule has 0 saturated carbocycles. The van der Waals surface area contributed by atoms with E-state index in [1.54, 1.807) is 0 Å². The van der Waals surface area contributed by atoms with Gasteiger partial charge in [-0.3, -0.25) is 0 Å². The number of hydrogen-bond donors (Lipinski definition) is 0. The van der Waals surface area contributed by atoms with Gasteiger partial charge >= 0.3 is 0 Å². The van der Waals surface area contributed by atoms with Crippen LogP contribution in [0.25, 0.3) is 98.8 Å². The molecule has 3 nitrogen and oxygen atoms in total. The summed E-state index contributed by atoms with van der Waals surface area (Å²) >= 11 is 0. The molecule has 12 rings (SSSR count). The highest BCUT2D eigenvalue weighted by molar-refractivity contribution is 6.18. The van der Waals surface area contributed by atoms with E-state index in [0.717, 1.165) is 88.4 Å². The SMILES string of the molecule is c1cc(-c2ccc(N(c3ccc4c(c3)oc3ccccc34)c3ccccc3-c3cccc4c3oc3c5ccccc5ccc43)cc2)cc(-c2ccc3ccccc3c2)c1. The molecule has 2 aromatic heterocycles. The Morgan fingerprint density at radius 3 is 1.78 bits per heavy atom. The predicted octanol–water partition coefficient (Wildman–Crippen LogP) is 16.3. The predicted molar refractivity (Wildman–Crippen MR) is 247 cm³/mol. The zero-order valence-corrected chi connectivity index (χ0v) is 32.0. The standard InChI is InChI=1S/C56H35NO2/c1-2-13-39-34-42(24-23-36(39)11-1)41-15-9-14-40(33-41)37-25-28-43(29-26-37)57(44-30-32-48-47-18-6-8-22-53(47)58-54(48)35-44)52-21-7-5-17-46(52)49-19-10-20-50-51-31-27-38-12-3-4-16-45(38)55(51)59-56(49)50/h1-35H. The first-order valence-corrected chi connectivity index (χ1v) is 20.1. The number of hydrogen-bond acceptors (Lipinski definition) is 3. The Bertz CT molecular complexity index is 3570. The molecule has 0 radical (unpaired) electrons. The van der Waals surface area contributed by atoms with E-state index in [2.05, 4.69) is 205 Å². The Kier molecular flexibility index (Phi) is 7.54. The molecular formula is C56H35NO2. The van der Waals surface area contributed by atoms with Crippen LogP contribution < -0.4 is 4.90 Å². The Morgan fingerprint density at radius 2 is 0.881 bits per heavy atom. The fourth-order valence-electron chi connectivity index (χ4n) is 8.97. The number of rotatable bonds is 6. The van der Waals surface area contributed by atoms with E-state index >= 15 is 0 Å². The first-order valence-electron chi connectivity index (χ1n) is 20.1. The number of anilines is 3. The lowest BCUT2D eigenvalue weighted by Crippen LogP contribution is -2.11. The van der Waals surface area contributed by atoms with Gasteiger partial charge in [0.25, 0.3) is 0 Å². The zero-order chi connectivity index (χ0) is 38.9. The summed E-state index contributed by atoms with van der Waals surface area (Å²) in [6.45, 7) is 0. The normalized spacial score (nSPS) is 11.7. The number of fused-ring (bicyclic) bond motifs is 9. The van der Waals surface area contributed by atoms with Crippen LogP contribution in [0.4, 0.5) is 17.1 Å². The van der Waals surface area contributed by atoms with Crippen molar-refractivity contribution in [2.24, 2.45) is 0 Å². The zero-order valence-electron chi connectivity index (χ0n) is 32.0. The van der Waals surface area contributed by atoms with Crippen molar-refractivity contribution in [1.29, 1.82) is 0 Å². The van der Waals surface area contributed by atoms with Crippen LogP contribution in [-0.4, -0.2) is 0 Å². The van der Waals surface area contributed by atoms with Gasteiger partial charge in [0.1, 0.15) is 22.3 Å². The van der Waals surface area contributed by atoms with Crippen LogP contribution in [0.5, 0.6) is 0 Å². The van der Waals surface area contributed by atoms with Gasteiger partial charge in [0, 0.05) is 55.5 Å². The van der Waals surface area contributed by atoms with E-state index in [1.807, 2.05) is 12.1 Å². The van der Waals surface area contributed by atoms with Gasteiger partial charge in [-0.1, -0.05) is 152 Å². The molecule has 10 aromatic carbocycles. The minimum Gasteiger partial charge on any atom is -0.456 e. The van der Waals surface area contributed by atoms with Crippen LogP contribution in [0.2, 0.25) is 0 Å². The molecule has 0 bridgehead atoms. The average molecular weight is 754 g/mol. The molecule has 0 aliphatic rings. The maximum atomic E-state index is 6.88. The van der Waals surface area contributed by atoms with Crippen LogP contribution in [0, 0.1) is 0 Å². The van der Waals surface area contributed by atoms with Gasteiger partial charge in [-0.25, -0.2) is 0 Å². The molecule has 0 aliphatic carbocycles. The second-order valence-corrected chi connectivity index (χ2v) is 15.3. The Hall–Kier alpha value is -7.88. The smallest absolute Gasteiger partial charge is 0.143 e. The number of furan rings is 2.